The molecule has 0 aromatic rings. The summed E-state index contributed by atoms with van der Waals surface area (Å²) in [6.07, 6.45) is 5.07. The number of nitrogens with one attached hydrogen (secondary N) is 1. The Balaban J connectivity index is 2.33. The van der Waals surface area contributed by atoms with E-state index in [2.05, 4.69) is 31.0 Å². The Morgan fingerprint density at radius 2 is 2.12 bits per heavy atom. The summed E-state index contributed by atoms with van der Waals surface area (Å²) < 4.78 is 0. The number of aliphatic hydroxyl groups is 1. The fourth-order valence-electron chi connectivity index (χ4n) is 2.60. The maximum atomic E-state index is 9.46. The molecule has 0 aliphatic carbocycles. The van der Waals surface area contributed by atoms with E-state index in [-0.39, 0.29) is 12.1 Å². The van der Waals surface area contributed by atoms with Crippen LogP contribution in [0.25, 0.3) is 0 Å². The first kappa shape index (κ1) is 14.9. The van der Waals surface area contributed by atoms with Crippen molar-refractivity contribution < 1.29 is 5.11 Å². The molecule has 1 aliphatic heterocycles. The summed E-state index contributed by atoms with van der Waals surface area (Å²) in [6, 6.07) is 0. The lowest BCUT2D eigenvalue weighted by Gasteiger charge is -2.31. The second-order valence-electron chi connectivity index (χ2n) is 5.88. The zero-order valence-corrected chi connectivity index (χ0v) is 11.8. The van der Waals surface area contributed by atoms with Crippen LogP contribution in [-0.4, -0.2) is 48.3 Å². The van der Waals surface area contributed by atoms with Crippen molar-refractivity contribution in [2.45, 2.75) is 52.0 Å². The molecule has 1 saturated heterocycles. The highest BCUT2D eigenvalue weighted by molar-refractivity contribution is 4.83. The highest BCUT2D eigenvalue weighted by Gasteiger charge is 2.23. The van der Waals surface area contributed by atoms with Crippen molar-refractivity contribution in [2.75, 3.05) is 32.8 Å². The molecule has 1 rings (SSSR count). The summed E-state index contributed by atoms with van der Waals surface area (Å²) in [4.78, 5) is 2.56. The molecule has 0 saturated carbocycles. The molecular formula is C14H30N2O. The Hall–Kier alpha value is -0.120. The van der Waals surface area contributed by atoms with Gasteiger partial charge in [0.25, 0.3) is 0 Å². The van der Waals surface area contributed by atoms with Gasteiger partial charge in [-0.3, -0.25) is 0 Å². The summed E-state index contributed by atoms with van der Waals surface area (Å²) in [5, 5.41) is 12.9. The minimum atomic E-state index is -0.104. The molecule has 2 N–H and O–H groups in total. The van der Waals surface area contributed by atoms with Crippen LogP contribution in [0.4, 0.5) is 0 Å². The number of hydrogen-bond acceptors (Lipinski definition) is 3. The zero-order chi connectivity index (χ0) is 12.7. The number of nitrogens with zero attached hydrogens (tertiary/aromatic N) is 1. The van der Waals surface area contributed by atoms with Crippen molar-refractivity contribution in [1.29, 1.82) is 0 Å². The van der Waals surface area contributed by atoms with E-state index in [0.29, 0.717) is 0 Å². The molecule has 3 nitrogen and oxygen atoms in total. The van der Waals surface area contributed by atoms with Crippen molar-refractivity contribution in [3.63, 3.8) is 0 Å². The minimum Gasteiger partial charge on any atom is -0.394 e. The van der Waals surface area contributed by atoms with Gasteiger partial charge >= 0.3 is 0 Å². The largest absolute Gasteiger partial charge is 0.394 e. The number of rotatable bonds is 6. The van der Waals surface area contributed by atoms with Crippen molar-refractivity contribution in [3.8, 4) is 0 Å². The molecular weight excluding hydrogens is 212 g/mol. The van der Waals surface area contributed by atoms with Gasteiger partial charge in [0.05, 0.1) is 6.61 Å². The average molecular weight is 242 g/mol. The molecule has 1 aliphatic rings. The van der Waals surface area contributed by atoms with Gasteiger partial charge in [0.15, 0.2) is 0 Å². The fourth-order valence-corrected chi connectivity index (χ4v) is 2.60. The Bertz CT molecular complexity index is 210. The first-order valence-electron chi connectivity index (χ1n) is 7.18. The maximum Gasteiger partial charge on any atom is 0.0611 e. The zero-order valence-electron chi connectivity index (χ0n) is 11.8. The van der Waals surface area contributed by atoms with Gasteiger partial charge in [-0.2, -0.15) is 0 Å². The standard InChI is InChI=1S/C14H30N2O/c1-4-15-14(3,12-17)8-11-16-9-5-6-13(2)7-10-16/h13,15,17H,4-12H2,1-3H3. The van der Waals surface area contributed by atoms with E-state index >= 15 is 0 Å². The van der Waals surface area contributed by atoms with E-state index in [1.165, 1.54) is 32.4 Å². The lowest BCUT2D eigenvalue weighted by atomic mass is 9.98. The summed E-state index contributed by atoms with van der Waals surface area (Å²) >= 11 is 0. The van der Waals surface area contributed by atoms with Gasteiger partial charge in [-0.1, -0.05) is 13.8 Å². The number of likely N-dealkylation sites (N-methyl/N-ethyl adjacent to an activating group) is 1. The van der Waals surface area contributed by atoms with Crippen LogP contribution in [0.5, 0.6) is 0 Å². The molecule has 1 fully saturated rings. The Labute approximate surface area is 107 Å². The topological polar surface area (TPSA) is 35.5 Å². The Morgan fingerprint density at radius 3 is 2.76 bits per heavy atom. The van der Waals surface area contributed by atoms with Crippen molar-refractivity contribution in [3.05, 3.63) is 0 Å². The molecule has 3 heteroatoms. The molecule has 1 heterocycles. The van der Waals surface area contributed by atoms with Gasteiger partial charge < -0.3 is 15.3 Å². The molecule has 102 valence electrons. The third kappa shape index (κ3) is 5.36. The van der Waals surface area contributed by atoms with Gasteiger partial charge in [0.1, 0.15) is 0 Å². The lowest BCUT2D eigenvalue weighted by molar-refractivity contribution is 0.147. The molecule has 2 unspecified atom stereocenters. The third-order valence-electron chi connectivity index (χ3n) is 4.04. The molecule has 0 amide bonds. The predicted octanol–water partition coefficient (Wildman–Crippen LogP) is 1.86. The van der Waals surface area contributed by atoms with Crippen LogP contribution in [0.15, 0.2) is 0 Å². The van der Waals surface area contributed by atoms with Crippen LogP contribution in [0, 0.1) is 5.92 Å². The molecule has 17 heavy (non-hydrogen) atoms. The van der Waals surface area contributed by atoms with E-state index in [0.717, 1.165) is 25.4 Å². The smallest absolute Gasteiger partial charge is 0.0611 e. The molecule has 2 atom stereocenters. The highest BCUT2D eigenvalue weighted by atomic mass is 16.3. The molecule has 0 aromatic carbocycles. The van der Waals surface area contributed by atoms with Gasteiger partial charge in [0, 0.05) is 5.54 Å². The lowest BCUT2D eigenvalue weighted by Crippen LogP contribution is -2.48. The first-order valence-corrected chi connectivity index (χ1v) is 7.18. The number of aliphatic hydroxyl groups excluding tert-OH is 1. The van der Waals surface area contributed by atoms with Gasteiger partial charge in [-0.15, -0.1) is 0 Å². The SMILES string of the molecule is CCNC(C)(CO)CCN1CCCC(C)CC1. The fraction of sp³-hybridized carbons (Fsp3) is 1.00. The van der Waals surface area contributed by atoms with E-state index in [1.54, 1.807) is 0 Å². The summed E-state index contributed by atoms with van der Waals surface area (Å²) in [5.74, 6) is 0.887. The summed E-state index contributed by atoms with van der Waals surface area (Å²) in [5.41, 5.74) is -0.104. The highest BCUT2D eigenvalue weighted by Crippen LogP contribution is 2.18. The third-order valence-corrected chi connectivity index (χ3v) is 4.04. The monoisotopic (exact) mass is 242 g/mol. The summed E-state index contributed by atoms with van der Waals surface area (Å²) in [7, 11) is 0. The van der Waals surface area contributed by atoms with E-state index in [9.17, 15) is 5.11 Å². The summed E-state index contributed by atoms with van der Waals surface area (Å²) in [6.45, 7) is 11.3. The van der Waals surface area contributed by atoms with E-state index in [1.807, 2.05) is 0 Å². The number of hydrogen-bond donors (Lipinski definition) is 2. The van der Waals surface area contributed by atoms with Crippen molar-refractivity contribution >= 4 is 0 Å². The number of likely N-dealkylation sites (tertiary alicyclic amines) is 1. The van der Waals surface area contributed by atoms with Gasteiger partial charge in [0.2, 0.25) is 0 Å². The maximum absolute atomic E-state index is 9.46. The van der Waals surface area contributed by atoms with Gasteiger partial charge in [-0.05, 0) is 64.7 Å². The Kier molecular flexibility index (Phi) is 6.45. The van der Waals surface area contributed by atoms with Crippen molar-refractivity contribution in [2.24, 2.45) is 5.92 Å². The first-order chi connectivity index (χ1) is 8.09. The van der Waals surface area contributed by atoms with Crippen LogP contribution in [0.2, 0.25) is 0 Å². The average Bonchev–Trinajstić information content (AvgIpc) is 2.52. The van der Waals surface area contributed by atoms with Crippen LogP contribution < -0.4 is 5.32 Å². The van der Waals surface area contributed by atoms with Crippen LogP contribution in [0.3, 0.4) is 0 Å². The quantitative estimate of drug-likeness (QED) is 0.746. The predicted molar refractivity (Wildman–Crippen MR) is 73.2 cm³/mol. The van der Waals surface area contributed by atoms with Gasteiger partial charge in [-0.25, -0.2) is 0 Å². The second kappa shape index (κ2) is 7.34. The molecule has 0 bridgehead atoms. The molecule has 0 spiro atoms. The molecule has 0 radical (unpaired) electrons. The van der Waals surface area contributed by atoms with E-state index < -0.39 is 0 Å². The Morgan fingerprint density at radius 1 is 1.35 bits per heavy atom. The van der Waals surface area contributed by atoms with Crippen molar-refractivity contribution in [1.82, 2.24) is 10.2 Å². The normalized spacial score (nSPS) is 26.5. The minimum absolute atomic E-state index is 0.104. The van der Waals surface area contributed by atoms with Crippen LogP contribution in [0.1, 0.15) is 46.5 Å². The second-order valence-corrected chi connectivity index (χ2v) is 5.88. The molecule has 0 aromatic heterocycles. The van der Waals surface area contributed by atoms with E-state index in [4.69, 9.17) is 0 Å². The van der Waals surface area contributed by atoms with Crippen LogP contribution >= 0.6 is 0 Å². The van der Waals surface area contributed by atoms with Crippen LogP contribution in [-0.2, 0) is 0 Å².